The lowest BCUT2D eigenvalue weighted by molar-refractivity contribution is -0.118. The van der Waals surface area contributed by atoms with Gasteiger partial charge in [0, 0.05) is 23.7 Å². The van der Waals surface area contributed by atoms with Crippen LogP contribution in [0, 0.1) is 5.92 Å². The Kier molecular flexibility index (Phi) is 4.43. The van der Waals surface area contributed by atoms with Gasteiger partial charge in [0.1, 0.15) is 5.65 Å². The summed E-state index contributed by atoms with van der Waals surface area (Å²) in [7, 11) is 0. The fourth-order valence-electron chi connectivity index (χ4n) is 3.36. The van der Waals surface area contributed by atoms with Crippen molar-refractivity contribution in [2.24, 2.45) is 5.92 Å². The fourth-order valence-corrected chi connectivity index (χ4v) is 3.36. The highest BCUT2D eigenvalue weighted by Crippen LogP contribution is 2.36. The van der Waals surface area contributed by atoms with Gasteiger partial charge in [0.15, 0.2) is 17.3 Å². The molecule has 0 saturated heterocycles. The van der Waals surface area contributed by atoms with Crippen molar-refractivity contribution in [1.82, 2.24) is 19.6 Å². The van der Waals surface area contributed by atoms with Gasteiger partial charge < -0.3 is 19.8 Å². The Morgan fingerprint density at radius 2 is 2.00 bits per heavy atom. The number of aromatic nitrogens is 4. The minimum atomic E-state index is -0.344. The van der Waals surface area contributed by atoms with Gasteiger partial charge in [0.25, 0.3) is 5.56 Å². The highest BCUT2D eigenvalue weighted by Gasteiger charge is 2.22. The van der Waals surface area contributed by atoms with E-state index in [9.17, 15) is 9.59 Å². The van der Waals surface area contributed by atoms with Crippen molar-refractivity contribution in [1.29, 1.82) is 0 Å². The van der Waals surface area contributed by atoms with Gasteiger partial charge in [-0.1, -0.05) is 19.9 Å². The molecule has 0 radical (unpaired) electrons. The number of pyridine rings is 1. The first-order valence-electron chi connectivity index (χ1n) is 9.79. The van der Waals surface area contributed by atoms with Gasteiger partial charge in [-0.3, -0.25) is 14.6 Å². The van der Waals surface area contributed by atoms with Crippen molar-refractivity contribution in [2.75, 3.05) is 12.1 Å². The molecule has 4 heterocycles. The second-order valence-corrected chi connectivity index (χ2v) is 7.43. The number of H-pyrrole nitrogens is 1. The smallest absolute Gasteiger partial charge is 0.274 e. The number of rotatable bonds is 4. The number of nitrogens with one attached hydrogen (secondary N) is 2. The topological polar surface area (TPSA) is 111 Å². The largest absolute Gasteiger partial charge is 0.454 e. The number of amides is 1. The molecule has 0 spiro atoms. The predicted octanol–water partition coefficient (Wildman–Crippen LogP) is 3.07. The lowest BCUT2D eigenvalue weighted by Crippen LogP contribution is -2.19. The average Bonchev–Trinajstić information content (AvgIpc) is 3.38. The Hall–Kier alpha value is -4.14. The first kappa shape index (κ1) is 18.9. The van der Waals surface area contributed by atoms with E-state index in [0.29, 0.717) is 34.1 Å². The molecule has 9 heteroatoms. The third-order valence-corrected chi connectivity index (χ3v) is 4.99. The van der Waals surface area contributed by atoms with E-state index in [1.54, 1.807) is 38.2 Å². The van der Waals surface area contributed by atoms with E-state index in [1.165, 1.54) is 10.6 Å². The zero-order chi connectivity index (χ0) is 21.5. The van der Waals surface area contributed by atoms with Crippen LogP contribution in [0.15, 0.2) is 53.5 Å². The predicted molar refractivity (Wildman–Crippen MR) is 114 cm³/mol. The molecule has 2 N–H and O–H groups in total. The number of anilines is 1. The average molecular weight is 417 g/mol. The van der Waals surface area contributed by atoms with Gasteiger partial charge in [-0.2, -0.15) is 4.52 Å². The molecule has 0 fully saturated rings. The monoisotopic (exact) mass is 417 g/mol. The molecule has 0 unspecified atom stereocenters. The molecule has 31 heavy (non-hydrogen) atoms. The van der Waals surface area contributed by atoms with Crippen LogP contribution in [0.3, 0.4) is 0 Å². The van der Waals surface area contributed by atoms with E-state index in [4.69, 9.17) is 9.47 Å². The van der Waals surface area contributed by atoms with E-state index in [2.05, 4.69) is 20.4 Å². The lowest BCUT2D eigenvalue weighted by atomic mass is 10.1. The van der Waals surface area contributed by atoms with Gasteiger partial charge in [-0.25, -0.2) is 0 Å². The van der Waals surface area contributed by atoms with Crippen LogP contribution in [0.1, 0.15) is 13.8 Å². The Morgan fingerprint density at radius 1 is 1.16 bits per heavy atom. The van der Waals surface area contributed by atoms with E-state index < -0.39 is 0 Å². The summed E-state index contributed by atoms with van der Waals surface area (Å²) in [5.74, 6) is 1.09. The molecule has 4 aromatic rings. The van der Waals surface area contributed by atoms with Gasteiger partial charge in [0.05, 0.1) is 17.0 Å². The van der Waals surface area contributed by atoms with Gasteiger partial charge in [-0.15, -0.1) is 5.10 Å². The maximum atomic E-state index is 12.9. The summed E-state index contributed by atoms with van der Waals surface area (Å²) in [5, 5.41) is 7.17. The summed E-state index contributed by atoms with van der Waals surface area (Å²) in [5.41, 5.74) is 2.53. The van der Waals surface area contributed by atoms with Crippen molar-refractivity contribution >= 4 is 17.4 Å². The van der Waals surface area contributed by atoms with E-state index >= 15 is 0 Å². The molecular weight excluding hydrogens is 398 g/mol. The van der Waals surface area contributed by atoms with E-state index in [-0.39, 0.29) is 30.0 Å². The molecule has 0 aliphatic carbocycles. The Morgan fingerprint density at radius 3 is 2.77 bits per heavy atom. The molecule has 0 bridgehead atoms. The van der Waals surface area contributed by atoms with Crippen LogP contribution < -0.4 is 20.3 Å². The van der Waals surface area contributed by atoms with Gasteiger partial charge in [-0.05, 0) is 30.3 Å². The van der Waals surface area contributed by atoms with Crippen molar-refractivity contribution in [2.45, 2.75) is 13.8 Å². The fraction of sp³-hybridized carbons (Fsp3) is 0.182. The summed E-state index contributed by atoms with van der Waals surface area (Å²) in [6.07, 6.45) is 1.65. The second kappa shape index (κ2) is 7.28. The summed E-state index contributed by atoms with van der Waals surface area (Å²) < 4.78 is 12.0. The number of fused-ring (bicyclic) bond motifs is 2. The number of ether oxygens (including phenoxy) is 2. The summed E-state index contributed by atoms with van der Waals surface area (Å²) in [6, 6.07) is 12.3. The molecule has 1 amide bonds. The minimum Gasteiger partial charge on any atom is -0.454 e. The molecular formula is C22H19N5O4. The normalized spacial score (nSPS) is 12.5. The first-order valence-corrected chi connectivity index (χ1v) is 9.79. The number of nitrogens with zero attached hydrogens (tertiary/aromatic N) is 3. The zero-order valence-electron chi connectivity index (χ0n) is 16.9. The van der Waals surface area contributed by atoms with Crippen molar-refractivity contribution in [3.63, 3.8) is 0 Å². The maximum Gasteiger partial charge on any atom is 0.274 e. The van der Waals surface area contributed by atoms with Crippen LogP contribution in [0.4, 0.5) is 5.82 Å². The second-order valence-electron chi connectivity index (χ2n) is 7.43. The number of hydrogen-bond donors (Lipinski definition) is 2. The molecule has 0 saturated carbocycles. The summed E-state index contributed by atoms with van der Waals surface area (Å²) in [6.45, 7) is 3.74. The number of carbonyl (C=O) groups is 1. The molecule has 1 aliphatic heterocycles. The van der Waals surface area contributed by atoms with Crippen LogP contribution in [0.25, 0.3) is 28.2 Å². The zero-order valence-corrected chi connectivity index (χ0v) is 16.9. The molecule has 5 rings (SSSR count). The van der Waals surface area contributed by atoms with Gasteiger partial charge >= 0.3 is 0 Å². The lowest BCUT2D eigenvalue weighted by Gasteiger charge is -2.07. The van der Waals surface area contributed by atoms with Gasteiger partial charge in [0.2, 0.25) is 12.7 Å². The maximum absolute atomic E-state index is 12.9. The Labute approximate surface area is 176 Å². The summed E-state index contributed by atoms with van der Waals surface area (Å²) >= 11 is 0. The number of hydrogen-bond acceptors (Lipinski definition) is 6. The van der Waals surface area contributed by atoms with Crippen molar-refractivity contribution in [3.8, 4) is 34.0 Å². The quantitative estimate of drug-likeness (QED) is 0.528. The number of aromatic amines is 1. The highest BCUT2D eigenvalue weighted by molar-refractivity contribution is 5.98. The third-order valence-electron chi connectivity index (χ3n) is 4.99. The van der Waals surface area contributed by atoms with Crippen LogP contribution in [0.2, 0.25) is 0 Å². The highest BCUT2D eigenvalue weighted by atomic mass is 16.7. The molecule has 1 aliphatic rings. The Balaban J connectivity index is 1.72. The molecule has 0 atom stereocenters. The Bertz CT molecular complexity index is 1360. The van der Waals surface area contributed by atoms with Crippen LogP contribution in [0.5, 0.6) is 11.5 Å². The number of carbonyl (C=O) groups excluding carboxylic acids is 1. The first-order chi connectivity index (χ1) is 15.0. The van der Waals surface area contributed by atoms with Crippen molar-refractivity contribution < 1.29 is 14.3 Å². The van der Waals surface area contributed by atoms with Crippen LogP contribution >= 0.6 is 0 Å². The van der Waals surface area contributed by atoms with E-state index in [1.807, 2.05) is 18.2 Å². The molecule has 156 valence electrons. The molecule has 9 nitrogen and oxygen atoms in total. The van der Waals surface area contributed by atoms with E-state index in [0.717, 1.165) is 5.56 Å². The van der Waals surface area contributed by atoms with Crippen LogP contribution in [-0.4, -0.2) is 32.3 Å². The third kappa shape index (κ3) is 3.29. The van der Waals surface area contributed by atoms with Crippen LogP contribution in [-0.2, 0) is 4.79 Å². The summed E-state index contributed by atoms with van der Waals surface area (Å²) in [4.78, 5) is 33.0. The standard InChI is InChI=1S/C22H19N5O4/c1-12(2)22(29)25-20-19(14-5-3-4-8-23-14)21-24-15(10-18(28)27(21)26-20)13-6-7-16-17(9-13)31-11-30-16/h3-10,12,24H,11H2,1-2H3,(H,25,26,29). The van der Waals surface area contributed by atoms with Crippen molar-refractivity contribution in [3.05, 3.63) is 59.0 Å². The molecule has 3 aromatic heterocycles. The SMILES string of the molecule is CC(C)C(=O)Nc1nn2c(=O)cc(-c3ccc4c(c3)OCO4)[nH]c2c1-c1ccccn1. The number of benzene rings is 1. The molecule has 1 aromatic carbocycles. The minimum absolute atomic E-state index is 0.166.